The zero-order valence-corrected chi connectivity index (χ0v) is 27.6. The molecule has 3 heterocycles. The van der Waals surface area contributed by atoms with Crippen LogP contribution in [0.25, 0.3) is 0 Å². The van der Waals surface area contributed by atoms with Crippen LogP contribution >= 0.6 is 0 Å². The minimum Gasteiger partial charge on any atom is -0.453 e. The fraction of sp³-hybridized carbons (Fsp3) is 0.432. The van der Waals surface area contributed by atoms with E-state index < -0.39 is 29.8 Å². The van der Waals surface area contributed by atoms with Crippen molar-refractivity contribution >= 4 is 29.2 Å². The van der Waals surface area contributed by atoms with Gasteiger partial charge in [-0.15, -0.1) is 0 Å². The minimum absolute atomic E-state index is 0.00837. The van der Waals surface area contributed by atoms with Crippen LogP contribution in [-0.4, -0.2) is 71.8 Å². The van der Waals surface area contributed by atoms with Gasteiger partial charge in [0, 0.05) is 49.4 Å². The summed E-state index contributed by atoms with van der Waals surface area (Å²) in [5, 5.41) is 15.4. The molecule has 3 aromatic rings. The Morgan fingerprint density at radius 1 is 1.00 bits per heavy atom. The molecule has 3 saturated heterocycles. The Balaban J connectivity index is 1.17. The molecule has 0 bridgehead atoms. The average molecular weight is 657 g/mol. The molecule has 6 rings (SSSR count). The molecule has 0 aromatic heterocycles. The molecule has 3 aliphatic rings. The summed E-state index contributed by atoms with van der Waals surface area (Å²) in [5.74, 6) is -0.845. The van der Waals surface area contributed by atoms with E-state index in [4.69, 9.17) is 14.2 Å². The number of aliphatic hydroxyl groups excluding tert-OH is 1. The maximum Gasteiger partial charge on any atom is 0.303 e. The van der Waals surface area contributed by atoms with Crippen molar-refractivity contribution in [3.8, 4) is 0 Å². The lowest BCUT2D eigenvalue weighted by Crippen LogP contribution is -2.57. The predicted molar refractivity (Wildman–Crippen MR) is 180 cm³/mol. The van der Waals surface area contributed by atoms with Gasteiger partial charge in [-0.3, -0.25) is 14.4 Å². The number of esters is 1. The Bertz CT molecular complexity index is 1580. The average Bonchev–Trinajstić information content (AvgIpc) is 3.41. The fourth-order valence-electron chi connectivity index (χ4n) is 6.99. The first-order valence-corrected chi connectivity index (χ1v) is 16.6. The molecule has 5 atom stereocenters. The molecular weight excluding hydrogens is 612 g/mol. The molecule has 11 nitrogen and oxygen atoms in total. The van der Waals surface area contributed by atoms with Crippen LogP contribution in [0.2, 0.25) is 0 Å². The van der Waals surface area contributed by atoms with Crippen molar-refractivity contribution in [1.29, 1.82) is 0 Å². The molecule has 254 valence electrons. The maximum atomic E-state index is 13.2. The first-order chi connectivity index (χ1) is 23.2. The lowest BCUT2D eigenvalue weighted by atomic mass is 9.84. The number of hydrogen-bond acceptors (Lipinski definition) is 9. The number of amides is 2. The van der Waals surface area contributed by atoms with Gasteiger partial charge in [-0.05, 0) is 55.2 Å². The molecule has 2 amide bonds. The smallest absolute Gasteiger partial charge is 0.303 e. The summed E-state index contributed by atoms with van der Waals surface area (Å²) in [6.07, 6.45) is -0.596. The number of ether oxygens (including phenoxy) is 3. The van der Waals surface area contributed by atoms with Crippen LogP contribution in [0, 0.1) is 5.92 Å². The third kappa shape index (κ3) is 7.09. The Morgan fingerprint density at radius 3 is 2.31 bits per heavy atom. The molecule has 0 unspecified atom stereocenters. The SMILES string of the molecule is CC(=O)O[C@@H](C)C(=O)Nc1ccc([C@@H]2O[C@H](CN3CCC4(CC3)C(=O)NCN4c3ccccc3)[C@H](C)[C@H](c3ccc(CO)cc3)O2)cc1. The van der Waals surface area contributed by atoms with Crippen molar-refractivity contribution in [2.24, 2.45) is 5.92 Å². The van der Waals surface area contributed by atoms with E-state index in [0.29, 0.717) is 31.7 Å². The highest BCUT2D eigenvalue weighted by Gasteiger charge is 2.51. The van der Waals surface area contributed by atoms with Crippen LogP contribution < -0.4 is 15.5 Å². The monoisotopic (exact) mass is 656 g/mol. The molecule has 0 radical (unpaired) electrons. The molecule has 1 spiro atoms. The molecule has 3 aliphatic heterocycles. The maximum absolute atomic E-state index is 13.2. The quantitative estimate of drug-likeness (QED) is 0.289. The van der Waals surface area contributed by atoms with Crippen molar-refractivity contribution in [2.75, 3.05) is 36.5 Å². The van der Waals surface area contributed by atoms with Gasteiger partial charge in [0.05, 0.1) is 25.5 Å². The van der Waals surface area contributed by atoms with E-state index in [2.05, 4.69) is 39.5 Å². The first kappa shape index (κ1) is 33.6. The van der Waals surface area contributed by atoms with Crippen molar-refractivity contribution < 1.29 is 33.7 Å². The van der Waals surface area contributed by atoms with E-state index in [1.165, 1.54) is 13.8 Å². The number of nitrogens with one attached hydrogen (secondary N) is 2. The number of nitrogens with zero attached hydrogens (tertiary/aromatic N) is 2. The van der Waals surface area contributed by atoms with Gasteiger partial charge < -0.3 is 39.8 Å². The van der Waals surface area contributed by atoms with Gasteiger partial charge in [0.15, 0.2) is 12.4 Å². The van der Waals surface area contributed by atoms with Crippen LogP contribution in [0.5, 0.6) is 0 Å². The third-order valence-corrected chi connectivity index (χ3v) is 9.81. The molecule has 11 heteroatoms. The van der Waals surface area contributed by atoms with Crippen LogP contribution in [-0.2, 0) is 35.2 Å². The summed E-state index contributed by atoms with van der Waals surface area (Å²) in [4.78, 5) is 41.5. The number of likely N-dealkylation sites (tertiary alicyclic amines) is 1. The number of piperidine rings is 1. The Hall–Kier alpha value is -4.29. The van der Waals surface area contributed by atoms with Gasteiger partial charge in [-0.1, -0.05) is 61.5 Å². The molecule has 0 saturated carbocycles. The summed E-state index contributed by atoms with van der Waals surface area (Å²) in [6, 6.07) is 25.2. The topological polar surface area (TPSA) is 130 Å². The Labute approximate surface area is 281 Å². The highest BCUT2D eigenvalue weighted by atomic mass is 16.7. The van der Waals surface area contributed by atoms with Crippen molar-refractivity contribution in [3.63, 3.8) is 0 Å². The molecule has 3 aromatic carbocycles. The summed E-state index contributed by atoms with van der Waals surface area (Å²) in [6.45, 7) is 7.59. The van der Waals surface area contributed by atoms with E-state index in [9.17, 15) is 19.5 Å². The number of anilines is 2. The molecule has 3 N–H and O–H groups in total. The molecule has 0 aliphatic carbocycles. The summed E-state index contributed by atoms with van der Waals surface area (Å²) in [5.41, 5.74) is 3.67. The zero-order chi connectivity index (χ0) is 33.8. The number of carbonyl (C=O) groups is 3. The first-order valence-electron chi connectivity index (χ1n) is 16.6. The van der Waals surface area contributed by atoms with Crippen molar-refractivity contribution in [1.82, 2.24) is 10.2 Å². The van der Waals surface area contributed by atoms with Gasteiger partial charge in [-0.25, -0.2) is 0 Å². The molecular formula is C37H44N4O7. The van der Waals surface area contributed by atoms with Crippen molar-refractivity contribution in [3.05, 3.63) is 95.6 Å². The second-order valence-corrected chi connectivity index (χ2v) is 12.9. The number of para-hydroxylation sites is 1. The largest absolute Gasteiger partial charge is 0.453 e. The lowest BCUT2D eigenvalue weighted by molar-refractivity contribution is -0.276. The van der Waals surface area contributed by atoms with Crippen LogP contribution in [0.15, 0.2) is 78.9 Å². The number of aliphatic hydroxyl groups is 1. The second-order valence-electron chi connectivity index (χ2n) is 12.9. The fourth-order valence-corrected chi connectivity index (χ4v) is 6.99. The summed E-state index contributed by atoms with van der Waals surface area (Å²) >= 11 is 0. The van der Waals surface area contributed by atoms with E-state index >= 15 is 0 Å². The standard InChI is InChI=1S/C37H44N4O7/c1-24-32(21-40-19-17-37(18-20-40)36(45)38-23-41(37)31-7-5-4-6-8-31)47-35(48-33(24)28-11-9-27(22-42)10-12-28)29-13-15-30(16-14-29)39-34(44)25(2)46-26(3)43/h4-16,24-25,32-33,35,42H,17-23H2,1-3H3,(H,38,45)(H,39,44)/t24-,25-,32+,33+,35+/m0/s1. The number of carbonyl (C=O) groups excluding carboxylic acids is 3. The molecule has 48 heavy (non-hydrogen) atoms. The zero-order valence-electron chi connectivity index (χ0n) is 27.6. The lowest BCUT2D eigenvalue weighted by Gasteiger charge is -2.46. The highest BCUT2D eigenvalue weighted by molar-refractivity contribution is 5.95. The number of benzene rings is 3. The Morgan fingerprint density at radius 2 is 1.67 bits per heavy atom. The third-order valence-electron chi connectivity index (χ3n) is 9.81. The predicted octanol–water partition coefficient (Wildman–Crippen LogP) is 4.29. The van der Waals surface area contributed by atoms with Crippen LogP contribution in [0.1, 0.15) is 62.7 Å². The van der Waals surface area contributed by atoms with Crippen LogP contribution in [0.4, 0.5) is 11.4 Å². The van der Waals surface area contributed by atoms with Gasteiger partial charge in [0.25, 0.3) is 5.91 Å². The van der Waals surface area contributed by atoms with Crippen molar-refractivity contribution in [2.45, 2.75) is 70.4 Å². The van der Waals surface area contributed by atoms with E-state index in [0.717, 1.165) is 35.5 Å². The number of rotatable bonds is 9. The normalized spacial score (nSPS) is 24.6. The summed E-state index contributed by atoms with van der Waals surface area (Å²) in [7, 11) is 0. The Kier molecular flexibility index (Phi) is 10.1. The number of hydrogen-bond donors (Lipinski definition) is 3. The van der Waals surface area contributed by atoms with E-state index in [1.54, 1.807) is 12.1 Å². The van der Waals surface area contributed by atoms with Gasteiger partial charge in [0.2, 0.25) is 5.91 Å². The van der Waals surface area contributed by atoms with Gasteiger partial charge >= 0.3 is 5.97 Å². The van der Waals surface area contributed by atoms with Gasteiger partial charge in [0.1, 0.15) is 5.54 Å². The van der Waals surface area contributed by atoms with Crippen LogP contribution in [0.3, 0.4) is 0 Å². The second kappa shape index (κ2) is 14.4. The highest BCUT2D eigenvalue weighted by Crippen LogP contribution is 2.43. The van der Waals surface area contributed by atoms with Gasteiger partial charge in [-0.2, -0.15) is 0 Å². The van der Waals surface area contributed by atoms with E-state index in [1.807, 2.05) is 54.6 Å². The summed E-state index contributed by atoms with van der Waals surface area (Å²) < 4.78 is 18.3. The molecule has 3 fully saturated rings. The minimum atomic E-state index is -0.915. The van der Waals surface area contributed by atoms with E-state index in [-0.39, 0.29) is 30.6 Å².